The molecule has 17 heavy (non-hydrogen) atoms. The molecule has 0 aromatic carbocycles. The molecule has 2 N–H and O–H groups in total. The molecule has 0 aromatic rings. The van der Waals surface area contributed by atoms with Crippen LogP contribution in [0, 0.1) is 11.8 Å². The fourth-order valence-electron chi connectivity index (χ4n) is 2.05. The van der Waals surface area contributed by atoms with Crippen molar-refractivity contribution in [3.63, 3.8) is 0 Å². The van der Waals surface area contributed by atoms with Crippen molar-refractivity contribution in [2.45, 2.75) is 39.0 Å². The van der Waals surface area contributed by atoms with Gasteiger partial charge >= 0.3 is 0 Å². The lowest BCUT2D eigenvalue weighted by Crippen LogP contribution is -2.28. The average molecular weight is 259 g/mol. The van der Waals surface area contributed by atoms with Gasteiger partial charge in [-0.2, -0.15) is 11.8 Å². The summed E-state index contributed by atoms with van der Waals surface area (Å²) in [6, 6.07) is 0. The lowest BCUT2D eigenvalue weighted by atomic mass is 9.98. The van der Waals surface area contributed by atoms with Crippen molar-refractivity contribution in [1.29, 1.82) is 0 Å². The van der Waals surface area contributed by atoms with Crippen LogP contribution in [0.1, 0.15) is 39.0 Å². The molecular weight excluding hydrogens is 234 g/mol. The number of thioether (sulfide) groups is 1. The van der Waals surface area contributed by atoms with E-state index in [-0.39, 0.29) is 12.5 Å². The van der Waals surface area contributed by atoms with E-state index >= 15 is 0 Å². The Morgan fingerprint density at radius 2 is 2.18 bits per heavy atom. The number of carbonyl (C=O) groups excluding carboxylic acids is 1. The second kappa shape index (κ2) is 8.81. The monoisotopic (exact) mass is 259 g/mol. The summed E-state index contributed by atoms with van der Waals surface area (Å²) in [5, 5.41) is 11.9. The number of hydrogen-bond acceptors (Lipinski definition) is 3. The number of aliphatic hydroxyl groups is 1. The minimum absolute atomic E-state index is 0.207. The van der Waals surface area contributed by atoms with E-state index in [4.69, 9.17) is 5.11 Å². The third-order valence-electron chi connectivity index (χ3n) is 3.32. The molecule has 1 heterocycles. The van der Waals surface area contributed by atoms with Gasteiger partial charge in [-0.15, -0.1) is 0 Å². The maximum Gasteiger partial charge on any atom is 0.220 e. The van der Waals surface area contributed by atoms with Gasteiger partial charge in [-0.25, -0.2) is 0 Å². The van der Waals surface area contributed by atoms with E-state index in [2.05, 4.69) is 5.32 Å². The topological polar surface area (TPSA) is 49.3 Å². The summed E-state index contributed by atoms with van der Waals surface area (Å²) in [6.07, 6.45) is 5.04. The van der Waals surface area contributed by atoms with Crippen LogP contribution in [0.4, 0.5) is 0 Å². The van der Waals surface area contributed by atoms with Crippen molar-refractivity contribution in [2.24, 2.45) is 11.8 Å². The van der Waals surface area contributed by atoms with E-state index < -0.39 is 0 Å². The predicted octanol–water partition coefficient (Wildman–Crippen LogP) is 2.04. The van der Waals surface area contributed by atoms with E-state index in [1.807, 2.05) is 18.7 Å². The zero-order valence-corrected chi connectivity index (χ0v) is 11.6. The Bertz CT molecular complexity index is 217. The molecule has 0 bridgehead atoms. The third kappa shape index (κ3) is 6.94. The Morgan fingerprint density at radius 1 is 1.47 bits per heavy atom. The standard InChI is InChI=1S/C13H25NO2S/c1-11(10-15)3-2-6-14-13(16)9-12-4-7-17-8-5-12/h11-12,15H,2-10H2,1H3,(H,14,16). The fraction of sp³-hybridized carbons (Fsp3) is 0.923. The van der Waals surface area contributed by atoms with Crippen molar-refractivity contribution in [1.82, 2.24) is 5.32 Å². The Morgan fingerprint density at radius 3 is 2.82 bits per heavy atom. The van der Waals surface area contributed by atoms with E-state index in [0.29, 0.717) is 18.3 Å². The zero-order valence-electron chi connectivity index (χ0n) is 10.8. The number of nitrogens with one attached hydrogen (secondary N) is 1. The maximum atomic E-state index is 11.7. The van der Waals surface area contributed by atoms with Gasteiger partial charge in [0.2, 0.25) is 5.91 Å². The first kappa shape index (κ1) is 14.8. The van der Waals surface area contributed by atoms with Crippen LogP contribution >= 0.6 is 11.8 Å². The summed E-state index contributed by atoms with van der Waals surface area (Å²) in [6.45, 7) is 3.03. The van der Waals surface area contributed by atoms with Crippen molar-refractivity contribution in [3.8, 4) is 0 Å². The number of rotatable bonds is 7. The van der Waals surface area contributed by atoms with Crippen LogP contribution in [0.3, 0.4) is 0 Å². The minimum Gasteiger partial charge on any atom is -0.396 e. The smallest absolute Gasteiger partial charge is 0.220 e. The lowest BCUT2D eigenvalue weighted by molar-refractivity contribution is -0.122. The summed E-state index contributed by atoms with van der Waals surface area (Å²) in [5.41, 5.74) is 0. The number of aliphatic hydroxyl groups excluding tert-OH is 1. The largest absolute Gasteiger partial charge is 0.396 e. The molecule has 1 atom stereocenters. The molecule has 1 saturated heterocycles. The summed E-state index contributed by atoms with van der Waals surface area (Å²) in [7, 11) is 0. The van der Waals surface area contributed by atoms with Crippen molar-refractivity contribution < 1.29 is 9.90 Å². The summed E-state index contributed by atoms with van der Waals surface area (Å²) in [5.74, 6) is 3.59. The first-order chi connectivity index (χ1) is 8.22. The first-order valence-electron chi connectivity index (χ1n) is 6.67. The van der Waals surface area contributed by atoms with Crippen LogP contribution in [0.5, 0.6) is 0 Å². The van der Waals surface area contributed by atoms with E-state index in [1.165, 1.54) is 24.3 Å². The molecule has 1 unspecified atom stereocenters. The highest BCUT2D eigenvalue weighted by Crippen LogP contribution is 2.24. The first-order valence-corrected chi connectivity index (χ1v) is 7.83. The van der Waals surface area contributed by atoms with Crippen molar-refractivity contribution >= 4 is 17.7 Å². The normalized spacial score (nSPS) is 18.9. The van der Waals surface area contributed by atoms with Crippen LogP contribution in [0.25, 0.3) is 0 Å². The molecule has 4 heteroatoms. The Labute approximate surface area is 109 Å². The van der Waals surface area contributed by atoms with Crippen LogP contribution in [0.15, 0.2) is 0 Å². The predicted molar refractivity (Wildman–Crippen MR) is 73.2 cm³/mol. The molecule has 3 nitrogen and oxygen atoms in total. The molecule has 1 aliphatic heterocycles. The molecular formula is C13H25NO2S. The van der Waals surface area contributed by atoms with Gasteiger partial charge in [0, 0.05) is 19.6 Å². The Hall–Kier alpha value is -0.220. The molecule has 1 fully saturated rings. The van der Waals surface area contributed by atoms with Gasteiger partial charge in [0.25, 0.3) is 0 Å². The van der Waals surface area contributed by atoms with Crippen molar-refractivity contribution in [2.75, 3.05) is 24.7 Å². The van der Waals surface area contributed by atoms with E-state index in [0.717, 1.165) is 19.4 Å². The molecule has 1 aliphatic rings. The highest BCUT2D eigenvalue weighted by Gasteiger charge is 2.16. The second-order valence-electron chi connectivity index (χ2n) is 5.04. The van der Waals surface area contributed by atoms with Crippen molar-refractivity contribution in [3.05, 3.63) is 0 Å². The van der Waals surface area contributed by atoms with Crippen LogP contribution in [-0.4, -0.2) is 35.7 Å². The van der Waals surface area contributed by atoms with Gasteiger partial charge < -0.3 is 10.4 Å². The van der Waals surface area contributed by atoms with Crippen LogP contribution in [0.2, 0.25) is 0 Å². The average Bonchev–Trinajstić information content (AvgIpc) is 2.35. The molecule has 1 rings (SSSR count). The molecule has 1 amide bonds. The number of amides is 1. The highest BCUT2D eigenvalue weighted by atomic mass is 32.2. The van der Waals surface area contributed by atoms with Gasteiger partial charge in [-0.05, 0) is 49.0 Å². The number of hydrogen-bond donors (Lipinski definition) is 2. The minimum atomic E-state index is 0.207. The summed E-state index contributed by atoms with van der Waals surface area (Å²) < 4.78 is 0. The fourth-order valence-corrected chi connectivity index (χ4v) is 3.26. The Balaban J connectivity index is 2.00. The molecule has 100 valence electrons. The van der Waals surface area contributed by atoms with Crippen LogP contribution < -0.4 is 5.32 Å². The zero-order chi connectivity index (χ0) is 12.5. The molecule has 0 aromatic heterocycles. The van der Waals surface area contributed by atoms with Gasteiger partial charge in [-0.1, -0.05) is 6.92 Å². The van der Waals surface area contributed by atoms with E-state index in [1.54, 1.807) is 0 Å². The quantitative estimate of drug-likeness (QED) is 0.688. The lowest BCUT2D eigenvalue weighted by Gasteiger charge is -2.20. The number of carbonyl (C=O) groups is 1. The summed E-state index contributed by atoms with van der Waals surface area (Å²) in [4.78, 5) is 11.7. The molecule has 0 radical (unpaired) electrons. The maximum absolute atomic E-state index is 11.7. The Kier molecular flexibility index (Phi) is 7.69. The molecule has 0 spiro atoms. The van der Waals surface area contributed by atoms with Gasteiger partial charge in [0.1, 0.15) is 0 Å². The van der Waals surface area contributed by atoms with Gasteiger partial charge in [0.05, 0.1) is 0 Å². The highest BCUT2D eigenvalue weighted by molar-refractivity contribution is 7.99. The van der Waals surface area contributed by atoms with Crippen LogP contribution in [-0.2, 0) is 4.79 Å². The van der Waals surface area contributed by atoms with Gasteiger partial charge in [-0.3, -0.25) is 4.79 Å². The molecule has 0 aliphatic carbocycles. The van der Waals surface area contributed by atoms with Gasteiger partial charge in [0.15, 0.2) is 0 Å². The molecule has 0 saturated carbocycles. The third-order valence-corrected chi connectivity index (χ3v) is 4.37. The van der Waals surface area contributed by atoms with E-state index in [9.17, 15) is 4.79 Å². The summed E-state index contributed by atoms with van der Waals surface area (Å²) >= 11 is 2.00. The SMILES string of the molecule is CC(CO)CCCNC(=O)CC1CCSCC1. The second-order valence-corrected chi connectivity index (χ2v) is 6.26.